The minimum atomic E-state index is -0.00345. The van der Waals surface area contributed by atoms with Crippen molar-refractivity contribution in [1.29, 1.82) is 0 Å². The van der Waals surface area contributed by atoms with Crippen molar-refractivity contribution in [2.24, 2.45) is 0 Å². The highest BCUT2D eigenvalue weighted by atomic mass is 32.2. The summed E-state index contributed by atoms with van der Waals surface area (Å²) < 4.78 is 2.10. The minimum Gasteiger partial charge on any atom is -0.355 e. The van der Waals surface area contributed by atoms with Crippen LogP contribution in [-0.2, 0) is 23.2 Å². The second-order valence-electron chi connectivity index (χ2n) is 9.58. The Morgan fingerprint density at radius 1 is 0.857 bits per heavy atom. The first-order valence-corrected chi connectivity index (χ1v) is 12.9. The highest BCUT2D eigenvalue weighted by Gasteiger charge is 2.18. The molecule has 1 heterocycles. The third-order valence-electron chi connectivity index (χ3n) is 5.82. The quantitative estimate of drug-likeness (QED) is 0.308. The molecule has 0 atom stereocenters. The van der Waals surface area contributed by atoms with Gasteiger partial charge in [-0.15, -0.1) is 10.2 Å². The highest BCUT2D eigenvalue weighted by molar-refractivity contribution is 7.99. The number of nitrogens with one attached hydrogen (secondary N) is 1. The maximum atomic E-state index is 12.5. The Morgan fingerprint density at radius 2 is 1.49 bits per heavy atom. The SMILES string of the molecule is CC(C)(C)c1ccc(-c2nnc(SCC(=O)NCCc3ccccc3)n2Cc2ccccc2)cc1. The lowest BCUT2D eigenvalue weighted by atomic mass is 9.87. The topological polar surface area (TPSA) is 59.8 Å². The summed E-state index contributed by atoms with van der Waals surface area (Å²) >= 11 is 1.42. The monoisotopic (exact) mass is 484 g/mol. The molecule has 0 saturated carbocycles. The molecular formula is C29H32N4OS. The van der Waals surface area contributed by atoms with E-state index in [1.54, 1.807) is 0 Å². The summed E-state index contributed by atoms with van der Waals surface area (Å²) in [5.41, 5.74) is 4.75. The van der Waals surface area contributed by atoms with Crippen LogP contribution in [0.1, 0.15) is 37.5 Å². The van der Waals surface area contributed by atoms with Crippen molar-refractivity contribution in [3.05, 3.63) is 102 Å². The second kappa shape index (κ2) is 11.4. The van der Waals surface area contributed by atoms with Crippen molar-refractivity contribution in [3.8, 4) is 11.4 Å². The Bertz CT molecular complexity index is 1230. The Kier molecular flexibility index (Phi) is 8.03. The fraction of sp³-hybridized carbons (Fsp3) is 0.276. The van der Waals surface area contributed by atoms with E-state index in [-0.39, 0.29) is 11.3 Å². The van der Waals surface area contributed by atoms with E-state index in [9.17, 15) is 4.79 Å². The number of nitrogens with zero attached hydrogens (tertiary/aromatic N) is 3. The first-order valence-electron chi connectivity index (χ1n) is 11.9. The lowest BCUT2D eigenvalue weighted by molar-refractivity contribution is -0.118. The standard InChI is InChI=1S/C29H32N4OS/c1-29(2,3)25-16-14-24(15-17-25)27-31-32-28(33(27)20-23-12-8-5-9-13-23)35-21-26(34)30-19-18-22-10-6-4-7-11-22/h4-17H,18-21H2,1-3H3,(H,30,34). The third-order valence-corrected chi connectivity index (χ3v) is 6.79. The van der Waals surface area contributed by atoms with Gasteiger partial charge in [0, 0.05) is 12.1 Å². The summed E-state index contributed by atoms with van der Waals surface area (Å²) in [6, 6.07) is 29.0. The Labute approximate surface area is 212 Å². The van der Waals surface area contributed by atoms with Crippen molar-refractivity contribution in [2.45, 2.75) is 44.3 Å². The molecule has 1 amide bonds. The largest absolute Gasteiger partial charge is 0.355 e. The summed E-state index contributed by atoms with van der Waals surface area (Å²) in [6.07, 6.45) is 0.816. The molecule has 0 aliphatic carbocycles. The first-order chi connectivity index (χ1) is 16.9. The van der Waals surface area contributed by atoms with Crippen LogP contribution < -0.4 is 5.32 Å². The molecule has 0 aliphatic heterocycles. The zero-order valence-electron chi connectivity index (χ0n) is 20.6. The van der Waals surface area contributed by atoms with Gasteiger partial charge in [0.15, 0.2) is 11.0 Å². The van der Waals surface area contributed by atoms with Gasteiger partial charge in [0.05, 0.1) is 12.3 Å². The third kappa shape index (κ3) is 6.83. The molecule has 0 unspecified atom stereocenters. The predicted molar refractivity (Wildman–Crippen MR) is 144 cm³/mol. The molecule has 1 N–H and O–H groups in total. The number of carbonyl (C=O) groups excluding carboxylic acids is 1. The molecule has 35 heavy (non-hydrogen) atoms. The van der Waals surface area contributed by atoms with E-state index in [4.69, 9.17) is 0 Å². The second-order valence-corrected chi connectivity index (χ2v) is 10.5. The summed E-state index contributed by atoms with van der Waals surface area (Å²) in [7, 11) is 0. The molecular weight excluding hydrogens is 452 g/mol. The summed E-state index contributed by atoms with van der Waals surface area (Å²) in [4.78, 5) is 12.5. The van der Waals surface area contributed by atoms with Crippen LogP contribution in [0.5, 0.6) is 0 Å². The van der Waals surface area contributed by atoms with E-state index in [2.05, 4.69) is 89.4 Å². The maximum absolute atomic E-state index is 12.5. The number of aromatic nitrogens is 3. The van der Waals surface area contributed by atoms with Crippen LogP contribution in [0.3, 0.4) is 0 Å². The van der Waals surface area contributed by atoms with Crippen LogP contribution in [0.15, 0.2) is 90.1 Å². The van der Waals surface area contributed by atoms with E-state index < -0.39 is 0 Å². The van der Waals surface area contributed by atoms with Crippen LogP contribution in [0.25, 0.3) is 11.4 Å². The van der Waals surface area contributed by atoms with Crippen molar-refractivity contribution in [3.63, 3.8) is 0 Å². The molecule has 5 nitrogen and oxygen atoms in total. The van der Waals surface area contributed by atoms with E-state index in [1.165, 1.54) is 22.9 Å². The molecule has 180 valence electrons. The van der Waals surface area contributed by atoms with Crippen molar-refractivity contribution >= 4 is 17.7 Å². The number of rotatable bonds is 9. The van der Waals surface area contributed by atoms with E-state index in [0.29, 0.717) is 18.8 Å². The van der Waals surface area contributed by atoms with Crippen molar-refractivity contribution in [2.75, 3.05) is 12.3 Å². The predicted octanol–water partition coefficient (Wildman–Crippen LogP) is 5.74. The number of thioether (sulfide) groups is 1. The Morgan fingerprint density at radius 3 is 2.11 bits per heavy atom. The van der Waals surface area contributed by atoms with Gasteiger partial charge in [0.2, 0.25) is 5.91 Å². The average Bonchev–Trinajstić information content (AvgIpc) is 3.26. The molecule has 1 aromatic heterocycles. The first kappa shape index (κ1) is 24.7. The summed E-state index contributed by atoms with van der Waals surface area (Å²) in [5.74, 6) is 1.10. The lowest BCUT2D eigenvalue weighted by Gasteiger charge is -2.19. The van der Waals surface area contributed by atoms with E-state index >= 15 is 0 Å². The van der Waals surface area contributed by atoms with E-state index in [1.807, 2.05) is 36.4 Å². The average molecular weight is 485 g/mol. The van der Waals surface area contributed by atoms with Crippen LogP contribution >= 0.6 is 11.8 Å². The van der Waals surface area contributed by atoms with Crippen molar-refractivity contribution in [1.82, 2.24) is 20.1 Å². The molecule has 3 aromatic carbocycles. The molecule has 0 aliphatic rings. The van der Waals surface area contributed by atoms with Gasteiger partial charge in [-0.25, -0.2) is 0 Å². The number of carbonyl (C=O) groups is 1. The fourth-order valence-corrected chi connectivity index (χ4v) is 4.58. The molecule has 0 radical (unpaired) electrons. The Hall–Kier alpha value is -3.38. The van der Waals surface area contributed by atoms with Crippen LogP contribution in [0.4, 0.5) is 0 Å². The van der Waals surface area contributed by atoms with Gasteiger partial charge in [-0.05, 0) is 28.5 Å². The fourth-order valence-electron chi connectivity index (χ4n) is 3.81. The molecule has 0 saturated heterocycles. The maximum Gasteiger partial charge on any atom is 0.230 e. The van der Waals surface area contributed by atoms with Gasteiger partial charge in [0.1, 0.15) is 0 Å². The highest BCUT2D eigenvalue weighted by Crippen LogP contribution is 2.28. The van der Waals surface area contributed by atoms with Gasteiger partial charge >= 0.3 is 0 Å². The van der Waals surface area contributed by atoms with E-state index in [0.717, 1.165) is 28.5 Å². The van der Waals surface area contributed by atoms with Gasteiger partial charge in [-0.2, -0.15) is 0 Å². The Balaban J connectivity index is 1.47. The van der Waals surface area contributed by atoms with Gasteiger partial charge < -0.3 is 5.32 Å². The zero-order valence-corrected chi connectivity index (χ0v) is 21.4. The smallest absolute Gasteiger partial charge is 0.230 e. The molecule has 0 bridgehead atoms. The van der Waals surface area contributed by atoms with Crippen LogP contribution in [-0.4, -0.2) is 33.0 Å². The molecule has 6 heteroatoms. The number of benzene rings is 3. The van der Waals surface area contributed by atoms with Gasteiger partial charge in [-0.3, -0.25) is 9.36 Å². The van der Waals surface area contributed by atoms with Crippen LogP contribution in [0.2, 0.25) is 0 Å². The molecule has 0 fully saturated rings. The van der Waals surface area contributed by atoms with Gasteiger partial charge in [0.25, 0.3) is 0 Å². The molecule has 4 aromatic rings. The zero-order chi connectivity index (χ0) is 24.7. The summed E-state index contributed by atoms with van der Waals surface area (Å²) in [6.45, 7) is 7.88. The van der Waals surface area contributed by atoms with Crippen LogP contribution in [0, 0.1) is 0 Å². The lowest BCUT2D eigenvalue weighted by Crippen LogP contribution is -2.27. The number of hydrogen-bond acceptors (Lipinski definition) is 4. The van der Waals surface area contributed by atoms with Crippen molar-refractivity contribution < 1.29 is 4.79 Å². The number of hydrogen-bond donors (Lipinski definition) is 1. The van der Waals surface area contributed by atoms with Gasteiger partial charge in [-0.1, -0.05) is 117 Å². The number of amides is 1. The molecule has 4 rings (SSSR count). The normalized spacial score (nSPS) is 11.4. The minimum absolute atomic E-state index is 0.00345. The summed E-state index contributed by atoms with van der Waals surface area (Å²) in [5, 5.41) is 12.7. The molecule has 0 spiro atoms.